The molecule has 1 fully saturated rings. The Morgan fingerprint density at radius 3 is 2.74 bits per heavy atom. The van der Waals surface area contributed by atoms with E-state index in [-0.39, 0.29) is 11.5 Å². The van der Waals surface area contributed by atoms with Gasteiger partial charge in [0, 0.05) is 28.8 Å². The molecule has 1 aromatic rings. The second kappa shape index (κ2) is 5.76. The highest BCUT2D eigenvalue weighted by Crippen LogP contribution is 2.28. The van der Waals surface area contributed by atoms with Crippen molar-refractivity contribution in [3.8, 4) is 0 Å². The molecule has 1 aliphatic rings. The van der Waals surface area contributed by atoms with Gasteiger partial charge in [0.1, 0.15) is 4.99 Å². The van der Waals surface area contributed by atoms with Crippen molar-refractivity contribution >= 4 is 48.7 Å². The largest absolute Gasteiger partial charge is 0.389 e. The number of rotatable bonds is 2. The summed E-state index contributed by atoms with van der Waals surface area (Å²) in [6, 6.07) is 5.71. The van der Waals surface area contributed by atoms with E-state index >= 15 is 0 Å². The number of nitrogens with zero attached hydrogens (tertiary/aromatic N) is 1. The number of nitrogens with two attached hydrogens (primary N) is 1. The highest BCUT2D eigenvalue weighted by atomic mass is 79.9. The molecule has 0 aromatic heterocycles. The third-order valence-electron chi connectivity index (χ3n) is 3.13. The molecule has 0 atom stereocenters. The first-order valence-corrected chi connectivity index (χ1v) is 8.97. The van der Waals surface area contributed by atoms with Crippen LogP contribution in [0.15, 0.2) is 22.7 Å². The third-order valence-corrected chi connectivity index (χ3v) is 5.71. The predicted molar refractivity (Wildman–Crippen MR) is 85.5 cm³/mol. The van der Waals surface area contributed by atoms with Gasteiger partial charge in [-0.2, -0.15) is 0 Å². The van der Waals surface area contributed by atoms with E-state index in [1.54, 1.807) is 0 Å². The molecular formula is C12H15BrN2O2S2. The van der Waals surface area contributed by atoms with Crippen molar-refractivity contribution in [1.82, 2.24) is 0 Å². The van der Waals surface area contributed by atoms with Crippen LogP contribution in [-0.4, -0.2) is 38.0 Å². The molecule has 2 rings (SSSR count). The highest BCUT2D eigenvalue weighted by Gasteiger charge is 2.22. The molecule has 0 bridgehead atoms. The summed E-state index contributed by atoms with van der Waals surface area (Å²) in [6.45, 7) is 1.18. The summed E-state index contributed by atoms with van der Waals surface area (Å²) >= 11 is 8.53. The van der Waals surface area contributed by atoms with E-state index in [2.05, 4.69) is 15.9 Å². The molecule has 0 spiro atoms. The maximum absolute atomic E-state index is 11.6. The van der Waals surface area contributed by atoms with Gasteiger partial charge in [-0.3, -0.25) is 0 Å². The number of thiocarbonyl (C=S) groups is 1. The Balaban J connectivity index is 2.37. The van der Waals surface area contributed by atoms with E-state index in [0.29, 0.717) is 24.5 Å². The Bertz CT molecular complexity index is 602. The average molecular weight is 363 g/mol. The van der Waals surface area contributed by atoms with Gasteiger partial charge in [0.25, 0.3) is 0 Å². The molecule has 104 valence electrons. The van der Waals surface area contributed by atoms with E-state index < -0.39 is 9.84 Å². The van der Waals surface area contributed by atoms with Crippen molar-refractivity contribution in [3.63, 3.8) is 0 Å². The number of halogens is 1. The molecule has 1 saturated heterocycles. The summed E-state index contributed by atoms with van der Waals surface area (Å²) < 4.78 is 24.1. The van der Waals surface area contributed by atoms with Crippen molar-refractivity contribution < 1.29 is 8.42 Å². The molecule has 1 aromatic carbocycles. The zero-order valence-corrected chi connectivity index (χ0v) is 13.5. The Morgan fingerprint density at radius 1 is 1.32 bits per heavy atom. The first kappa shape index (κ1) is 14.7. The molecule has 0 saturated carbocycles. The standard InChI is InChI=1S/C12H15BrN2O2S2/c13-9-3-1-4-10(11(9)12(14)18)15-5-2-7-19(16,17)8-6-15/h1,3-4H,2,5-8H2,(H2,14,18). The van der Waals surface area contributed by atoms with Gasteiger partial charge in [-0.15, -0.1) is 0 Å². The van der Waals surface area contributed by atoms with Crippen LogP contribution in [0.5, 0.6) is 0 Å². The van der Waals surface area contributed by atoms with Crippen molar-refractivity contribution in [2.45, 2.75) is 6.42 Å². The van der Waals surface area contributed by atoms with Gasteiger partial charge in [-0.1, -0.05) is 18.3 Å². The van der Waals surface area contributed by atoms with E-state index in [4.69, 9.17) is 18.0 Å². The monoisotopic (exact) mass is 362 g/mol. The minimum absolute atomic E-state index is 0.177. The van der Waals surface area contributed by atoms with Crippen LogP contribution >= 0.6 is 28.1 Å². The molecule has 0 aliphatic carbocycles. The second-order valence-corrected chi connectivity index (χ2v) is 8.09. The number of hydrogen-bond acceptors (Lipinski definition) is 4. The van der Waals surface area contributed by atoms with Gasteiger partial charge in [0.05, 0.1) is 11.5 Å². The Kier molecular flexibility index (Phi) is 4.47. The van der Waals surface area contributed by atoms with E-state index in [1.165, 1.54) is 0 Å². The fourth-order valence-corrected chi connectivity index (χ4v) is 4.39. The van der Waals surface area contributed by atoms with Crippen molar-refractivity contribution in [1.29, 1.82) is 0 Å². The lowest BCUT2D eigenvalue weighted by Crippen LogP contribution is -2.29. The minimum Gasteiger partial charge on any atom is -0.389 e. The maximum atomic E-state index is 11.6. The van der Waals surface area contributed by atoms with Crippen LogP contribution in [-0.2, 0) is 9.84 Å². The van der Waals surface area contributed by atoms with Crippen LogP contribution in [0.25, 0.3) is 0 Å². The highest BCUT2D eigenvalue weighted by molar-refractivity contribution is 9.10. The van der Waals surface area contributed by atoms with E-state index in [1.807, 2.05) is 23.1 Å². The Morgan fingerprint density at radius 2 is 2.05 bits per heavy atom. The number of anilines is 1. The number of benzene rings is 1. The van der Waals surface area contributed by atoms with Crippen molar-refractivity contribution in [2.75, 3.05) is 29.5 Å². The van der Waals surface area contributed by atoms with Gasteiger partial charge in [0.15, 0.2) is 9.84 Å². The topological polar surface area (TPSA) is 63.4 Å². The van der Waals surface area contributed by atoms with Crippen LogP contribution in [0, 0.1) is 0 Å². The van der Waals surface area contributed by atoms with Crippen LogP contribution in [0.4, 0.5) is 5.69 Å². The lowest BCUT2D eigenvalue weighted by atomic mass is 10.1. The fourth-order valence-electron chi connectivity index (χ4n) is 2.20. The minimum atomic E-state index is -2.92. The zero-order valence-electron chi connectivity index (χ0n) is 10.3. The summed E-state index contributed by atoms with van der Waals surface area (Å²) in [4.78, 5) is 2.36. The Labute approximate surface area is 127 Å². The predicted octanol–water partition coefficient (Wildman–Crippen LogP) is 1.71. The van der Waals surface area contributed by atoms with Crippen LogP contribution < -0.4 is 10.6 Å². The molecule has 1 aliphatic heterocycles. The molecule has 7 heteroatoms. The first-order valence-electron chi connectivity index (χ1n) is 5.94. The summed E-state index contributed by atoms with van der Waals surface area (Å²) in [5, 5.41) is 0. The van der Waals surface area contributed by atoms with Gasteiger partial charge in [-0.25, -0.2) is 8.42 Å². The smallest absolute Gasteiger partial charge is 0.152 e. The van der Waals surface area contributed by atoms with Gasteiger partial charge in [0.2, 0.25) is 0 Å². The van der Waals surface area contributed by atoms with Gasteiger partial charge >= 0.3 is 0 Å². The normalized spacial score (nSPS) is 18.9. The summed E-state index contributed by atoms with van der Waals surface area (Å²) in [7, 11) is -2.92. The third kappa shape index (κ3) is 3.46. The van der Waals surface area contributed by atoms with Crippen LogP contribution in [0.1, 0.15) is 12.0 Å². The quantitative estimate of drug-likeness (QED) is 0.811. The lowest BCUT2D eigenvalue weighted by Gasteiger charge is -2.25. The molecule has 2 N–H and O–H groups in total. The molecule has 0 unspecified atom stereocenters. The van der Waals surface area contributed by atoms with Crippen molar-refractivity contribution in [3.05, 3.63) is 28.2 Å². The second-order valence-electron chi connectivity index (χ2n) is 4.49. The molecule has 1 heterocycles. The van der Waals surface area contributed by atoms with Gasteiger partial charge < -0.3 is 10.6 Å². The number of hydrogen-bond donors (Lipinski definition) is 1. The molecular weight excluding hydrogens is 348 g/mol. The Hall–Kier alpha value is -0.660. The van der Waals surface area contributed by atoms with Crippen LogP contribution in [0.2, 0.25) is 0 Å². The van der Waals surface area contributed by atoms with E-state index in [9.17, 15) is 8.42 Å². The zero-order chi connectivity index (χ0) is 14.0. The number of sulfone groups is 1. The summed E-state index contributed by atoms with van der Waals surface area (Å²) in [6.07, 6.45) is 0.631. The van der Waals surface area contributed by atoms with Gasteiger partial charge in [-0.05, 0) is 34.5 Å². The maximum Gasteiger partial charge on any atom is 0.152 e. The molecule has 19 heavy (non-hydrogen) atoms. The van der Waals surface area contributed by atoms with Crippen molar-refractivity contribution in [2.24, 2.45) is 5.73 Å². The molecule has 0 amide bonds. The molecule has 0 radical (unpaired) electrons. The SMILES string of the molecule is NC(=S)c1c(Br)cccc1N1CCCS(=O)(=O)CC1. The average Bonchev–Trinajstić information content (AvgIpc) is 2.49. The van der Waals surface area contributed by atoms with E-state index in [0.717, 1.165) is 15.7 Å². The summed E-state index contributed by atoms with van der Waals surface area (Å²) in [5.41, 5.74) is 7.45. The first-order chi connectivity index (χ1) is 8.91. The van der Waals surface area contributed by atoms with Crippen LogP contribution in [0.3, 0.4) is 0 Å². The summed E-state index contributed by atoms with van der Waals surface area (Å²) in [5.74, 6) is 0.427. The fraction of sp³-hybridized carbons (Fsp3) is 0.417. The lowest BCUT2D eigenvalue weighted by molar-refractivity contribution is 0.597. The molecule has 4 nitrogen and oxygen atoms in total.